The van der Waals surface area contributed by atoms with E-state index in [1.165, 1.54) is 0 Å². The standard InChI is InChI=1S/C11H21N3O3/c1-2-3-4-14(5-6-15)11(17)9-7-13-10(16)8-12-9/h9,12,15H,2-8H2,1H3,(H,13,16). The van der Waals surface area contributed by atoms with Crippen LogP contribution in [0.1, 0.15) is 19.8 Å². The quantitative estimate of drug-likeness (QED) is 0.541. The van der Waals surface area contributed by atoms with Gasteiger partial charge in [-0.2, -0.15) is 0 Å². The minimum atomic E-state index is -0.365. The molecule has 0 aromatic heterocycles. The van der Waals surface area contributed by atoms with E-state index in [0.29, 0.717) is 19.6 Å². The van der Waals surface area contributed by atoms with E-state index in [-0.39, 0.29) is 31.0 Å². The zero-order chi connectivity index (χ0) is 12.7. The second-order valence-electron chi connectivity index (χ2n) is 4.14. The maximum absolute atomic E-state index is 12.1. The van der Waals surface area contributed by atoms with Gasteiger partial charge >= 0.3 is 0 Å². The molecule has 2 amide bonds. The maximum Gasteiger partial charge on any atom is 0.241 e. The molecule has 1 heterocycles. The van der Waals surface area contributed by atoms with Crippen LogP contribution in [0.2, 0.25) is 0 Å². The van der Waals surface area contributed by atoms with Crippen LogP contribution in [0.15, 0.2) is 0 Å². The Morgan fingerprint density at radius 1 is 1.53 bits per heavy atom. The highest BCUT2D eigenvalue weighted by Gasteiger charge is 2.27. The summed E-state index contributed by atoms with van der Waals surface area (Å²) < 4.78 is 0. The molecule has 0 spiro atoms. The predicted octanol–water partition coefficient (Wildman–Crippen LogP) is -1.30. The number of carbonyl (C=O) groups is 2. The van der Waals surface area contributed by atoms with Crippen LogP contribution in [0.3, 0.4) is 0 Å². The van der Waals surface area contributed by atoms with Crippen molar-refractivity contribution in [3.63, 3.8) is 0 Å². The Hall–Kier alpha value is -1.14. The van der Waals surface area contributed by atoms with Crippen molar-refractivity contribution in [1.82, 2.24) is 15.5 Å². The van der Waals surface area contributed by atoms with Gasteiger partial charge in [-0.15, -0.1) is 0 Å². The Morgan fingerprint density at radius 3 is 2.82 bits per heavy atom. The maximum atomic E-state index is 12.1. The molecule has 1 fully saturated rings. The van der Waals surface area contributed by atoms with Crippen LogP contribution < -0.4 is 10.6 Å². The van der Waals surface area contributed by atoms with Crippen LogP contribution >= 0.6 is 0 Å². The average Bonchev–Trinajstić information content (AvgIpc) is 2.34. The molecule has 0 aromatic rings. The summed E-state index contributed by atoms with van der Waals surface area (Å²) in [5, 5.41) is 14.5. The number of hydrogen-bond donors (Lipinski definition) is 3. The summed E-state index contributed by atoms with van der Waals surface area (Å²) in [7, 11) is 0. The van der Waals surface area contributed by atoms with Crippen molar-refractivity contribution < 1.29 is 14.7 Å². The summed E-state index contributed by atoms with van der Waals surface area (Å²) in [5.41, 5.74) is 0. The lowest BCUT2D eigenvalue weighted by atomic mass is 10.2. The third kappa shape index (κ3) is 4.32. The number of aliphatic hydroxyl groups is 1. The Morgan fingerprint density at radius 2 is 2.29 bits per heavy atom. The topological polar surface area (TPSA) is 81.7 Å². The summed E-state index contributed by atoms with van der Waals surface area (Å²) in [5.74, 6) is -0.135. The molecule has 0 saturated carbocycles. The van der Waals surface area contributed by atoms with E-state index >= 15 is 0 Å². The second-order valence-corrected chi connectivity index (χ2v) is 4.14. The molecule has 1 rings (SSSR count). The largest absolute Gasteiger partial charge is 0.395 e. The SMILES string of the molecule is CCCCN(CCO)C(=O)C1CNC(=O)CN1. The predicted molar refractivity (Wildman–Crippen MR) is 63.4 cm³/mol. The number of nitrogens with zero attached hydrogens (tertiary/aromatic N) is 1. The third-order valence-corrected chi connectivity index (χ3v) is 2.77. The molecule has 1 saturated heterocycles. The van der Waals surface area contributed by atoms with Gasteiger partial charge in [-0.05, 0) is 6.42 Å². The normalized spacial score (nSPS) is 19.9. The van der Waals surface area contributed by atoms with Gasteiger partial charge in [0.05, 0.1) is 13.2 Å². The lowest BCUT2D eigenvalue weighted by molar-refractivity contribution is -0.135. The van der Waals surface area contributed by atoms with E-state index in [1.54, 1.807) is 4.90 Å². The molecule has 1 aliphatic rings. The number of nitrogens with one attached hydrogen (secondary N) is 2. The fourth-order valence-corrected chi connectivity index (χ4v) is 1.76. The van der Waals surface area contributed by atoms with Crippen molar-refractivity contribution in [2.75, 3.05) is 32.8 Å². The van der Waals surface area contributed by atoms with Crippen LogP contribution in [0.5, 0.6) is 0 Å². The molecular formula is C11H21N3O3. The van der Waals surface area contributed by atoms with E-state index in [4.69, 9.17) is 5.11 Å². The van der Waals surface area contributed by atoms with Gasteiger partial charge in [-0.1, -0.05) is 13.3 Å². The monoisotopic (exact) mass is 243 g/mol. The minimum Gasteiger partial charge on any atom is -0.395 e. The fraction of sp³-hybridized carbons (Fsp3) is 0.818. The first kappa shape index (κ1) is 13.9. The van der Waals surface area contributed by atoms with Gasteiger partial charge in [0.15, 0.2) is 0 Å². The average molecular weight is 243 g/mol. The molecule has 1 unspecified atom stereocenters. The van der Waals surface area contributed by atoms with Gasteiger partial charge in [-0.25, -0.2) is 0 Å². The van der Waals surface area contributed by atoms with E-state index in [1.807, 2.05) is 0 Å². The van der Waals surface area contributed by atoms with Crippen LogP contribution in [-0.2, 0) is 9.59 Å². The van der Waals surface area contributed by atoms with Crippen LogP contribution in [0.25, 0.3) is 0 Å². The molecular weight excluding hydrogens is 222 g/mol. The molecule has 6 heteroatoms. The second kappa shape index (κ2) is 7.24. The molecule has 0 aliphatic carbocycles. The van der Waals surface area contributed by atoms with Gasteiger partial charge in [0, 0.05) is 19.6 Å². The Bertz CT molecular complexity index is 261. The Labute approximate surface area is 101 Å². The zero-order valence-corrected chi connectivity index (χ0v) is 10.2. The highest BCUT2D eigenvalue weighted by molar-refractivity contribution is 5.86. The van der Waals surface area contributed by atoms with E-state index in [2.05, 4.69) is 17.6 Å². The summed E-state index contributed by atoms with van der Waals surface area (Å²) in [6.07, 6.45) is 1.93. The molecule has 1 aliphatic heterocycles. The summed E-state index contributed by atoms with van der Waals surface area (Å²) in [6.45, 7) is 3.53. The van der Waals surface area contributed by atoms with Crippen LogP contribution in [0, 0.1) is 0 Å². The number of unbranched alkanes of at least 4 members (excludes halogenated alkanes) is 1. The first-order valence-electron chi connectivity index (χ1n) is 6.08. The first-order chi connectivity index (χ1) is 8.19. The molecule has 98 valence electrons. The van der Waals surface area contributed by atoms with E-state index in [0.717, 1.165) is 12.8 Å². The Balaban J connectivity index is 2.48. The van der Waals surface area contributed by atoms with E-state index < -0.39 is 0 Å². The molecule has 0 radical (unpaired) electrons. The van der Waals surface area contributed by atoms with Gasteiger partial charge in [-0.3, -0.25) is 14.9 Å². The van der Waals surface area contributed by atoms with Crippen LogP contribution in [-0.4, -0.2) is 60.6 Å². The van der Waals surface area contributed by atoms with Gasteiger partial charge in [0.2, 0.25) is 11.8 Å². The van der Waals surface area contributed by atoms with Gasteiger partial charge in [0.1, 0.15) is 6.04 Å². The number of hydrogen-bond acceptors (Lipinski definition) is 4. The van der Waals surface area contributed by atoms with E-state index in [9.17, 15) is 9.59 Å². The number of rotatable bonds is 6. The van der Waals surface area contributed by atoms with Crippen LogP contribution in [0.4, 0.5) is 0 Å². The summed E-state index contributed by atoms with van der Waals surface area (Å²) in [4.78, 5) is 24.7. The molecule has 0 aromatic carbocycles. The van der Waals surface area contributed by atoms with Gasteiger partial charge in [0.25, 0.3) is 0 Å². The molecule has 0 bridgehead atoms. The van der Waals surface area contributed by atoms with Gasteiger partial charge < -0.3 is 15.3 Å². The van der Waals surface area contributed by atoms with Crippen molar-refractivity contribution in [3.05, 3.63) is 0 Å². The summed E-state index contributed by atoms with van der Waals surface area (Å²) >= 11 is 0. The smallest absolute Gasteiger partial charge is 0.241 e. The number of carbonyl (C=O) groups excluding carboxylic acids is 2. The first-order valence-corrected chi connectivity index (χ1v) is 6.08. The number of aliphatic hydroxyl groups excluding tert-OH is 1. The van der Waals surface area contributed by atoms with Crippen molar-refractivity contribution in [2.24, 2.45) is 0 Å². The molecule has 1 atom stereocenters. The number of piperazine rings is 1. The minimum absolute atomic E-state index is 0.0332. The van der Waals surface area contributed by atoms with Crippen molar-refractivity contribution in [2.45, 2.75) is 25.8 Å². The molecule has 3 N–H and O–H groups in total. The lowest BCUT2D eigenvalue weighted by Crippen LogP contribution is -2.59. The van der Waals surface area contributed by atoms with Crippen molar-refractivity contribution >= 4 is 11.8 Å². The fourth-order valence-electron chi connectivity index (χ4n) is 1.76. The van der Waals surface area contributed by atoms with Crippen molar-refractivity contribution in [1.29, 1.82) is 0 Å². The summed E-state index contributed by atoms with van der Waals surface area (Å²) in [6, 6.07) is -0.365. The third-order valence-electron chi connectivity index (χ3n) is 2.77. The van der Waals surface area contributed by atoms with Crippen molar-refractivity contribution in [3.8, 4) is 0 Å². The zero-order valence-electron chi connectivity index (χ0n) is 10.2. The lowest BCUT2D eigenvalue weighted by Gasteiger charge is -2.29. The highest BCUT2D eigenvalue weighted by Crippen LogP contribution is 2.00. The molecule has 6 nitrogen and oxygen atoms in total. The Kier molecular flexibility index (Phi) is 5.93. The highest BCUT2D eigenvalue weighted by atomic mass is 16.3. The number of amides is 2. The molecule has 17 heavy (non-hydrogen) atoms.